The minimum atomic E-state index is -0.209. The summed E-state index contributed by atoms with van der Waals surface area (Å²) in [4.78, 5) is 12.1. The number of hydrogen-bond donors (Lipinski definition) is 2. The Kier molecular flexibility index (Phi) is 3.06. The zero-order valence-electron chi connectivity index (χ0n) is 10.7. The molecule has 0 radical (unpaired) electrons. The second-order valence-corrected chi connectivity index (χ2v) is 4.29. The molecule has 0 saturated heterocycles. The fraction of sp³-hybridized carbons (Fsp3) is 0.231. The predicted molar refractivity (Wildman–Crippen MR) is 71.5 cm³/mol. The first-order valence-corrected chi connectivity index (χ1v) is 5.66. The van der Waals surface area contributed by atoms with E-state index < -0.39 is 0 Å². The minimum Gasteiger partial charge on any atom is -0.397 e. The molecule has 1 amide bonds. The Bertz CT molecular complexity index is 581. The quantitative estimate of drug-likeness (QED) is 0.792. The van der Waals surface area contributed by atoms with E-state index in [2.05, 4.69) is 10.4 Å². The van der Waals surface area contributed by atoms with Gasteiger partial charge in [-0.05, 0) is 31.5 Å². The van der Waals surface area contributed by atoms with E-state index in [-0.39, 0.29) is 5.91 Å². The number of benzene rings is 1. The van der Waals surface area contributed by atoms with Gasteiger partial charge < -0.3 is 11.1 Å². The number of anilines is 2. The van der Waals surface area contributed by atoms with Gasteiger partial charge in [-0.1, -0.05) is 12.1 Å². The van der Waals surface area contributed by atoms with Gasteiger partial charge in [0.15, 0.2) is 0 Å². The molecule has 5 heteroatoms. The van der Waals surface area contributed by atoms with E-state index in [1.807, 2.05) is 26.0 Å². The smallest absolute Gasteiger partial charge is 0.273 e. The zero-order chi connectivity index (χ0) is 13.3. The first kappa shape index (κ1) is 12.2. The normalized spacial score (nSPS) is 10.4. The number of carbonyl (C=O) groups is 1. The third-order valence-corrected chi connectivity index (χ3v) is 2.78. The van der Waals surface area contributed by atoms with Crippen molar-refractivity contribution in [1.82, 2.24) is 9.78 Å². The largest absolute Gasteiger partial charge is 0.397 e. The van der Waals surface area contributed by atoms with Crippen molar-refractivity contribution in [3.8, 4) is 0 Å². The van der Waals surface area contributed by atoms with Gasteiger partial charge in [0.05, 0.1) is 17.1 Å². The number of rotatable bonds is 2. The molecular weight excluding hydrogens is 228 g/mol. The van der Waals surface area contributed by atoms with Crippen LogP contribution in [0.4, 0.5) is 11.4 Å². The molecule has 94 valence electrons. The van der Waals surface area contributed by atoms with Gasteiger partial charge in [-0.25, -0.2) is 0 Å². The van der Waals surface area contributed by atoms with Crippen molar-refractivity contribution in [1.29, 1.82) is 0 Å². The lowest BCUT2D eigenvalue weighted by Gasteiger charge is -2.10. The van der Waals surface area contributed by atoms with Crippen LogP contribution in [0, 0.1) is 13.8 Å². The van der Waals surface area contributed by atoms with Gasteiger partial charge in [0.25, 0.3) is 5.91 Å². The van der Waals surface area contributed by atoms with Crippen molar-refractivity contribution in [2.24, 2.45) is 7.05 Å². The zero-order valence-corrected chi connectivity index (χ0v) is 10.7. The van der Waals surface area contributed by atoms with E-state index >= 15 is 0 Å². The summed E-state index contributed by atoms with van der Waals surface area (Å²) in [5.74, 6) is -0.209. The number of amides is 1. The third kappa shape index (κ3) is 2.20. The molecule has 18 heavy (non-hydrogen) atoms. The molecule has 0 aliphatic carbocycles. The molecule has 0 aliphatic rings. The van der Waals surface area contributed by atoms with Crippen LogP contribution in [-0.2, 0) is 7.05 Å². The average Bonchev–Trinajstić information content (AvgIpc) is 2.63. The highest BCUT2D eigenvalue weighted by Crippen LogP contribution is 2.23. The Balaban J connectivity index is 2.30. The number of nitrogens with one attached hydrogen (secondary N) is 1. The highest BCUT2D eigenvalue weighted by atomic mass is 16.2. The Morgan fingerprint density at radius 1 is 1.39 bits per heavy atom. The van der Waals surface area contributed by atoms with Gasteiger partial charge >= 0.3 is 0 Å². The van der Waals surface area contributed by atoms with E-state index in [4.69, 9.17) is 5.73 Å². The number of para-hydroxylation sites is 1. The highest BCUT2D eigenvalue weighted by molar-refractivity contribution is 6.05. The molecule has 0 unspecified atom stereocenters. The first-order valence-electron chi connectivity index (χ1n) is 5.66. The fourth-order valence-corrected chi connectivity index (χ4v) is 1.86. The Hall–Kier alpha value is -2.30. The van der Waals surface area contributed by atoms with E-state index in [9.17, 15) is 4.79 Å². The Labute approximate surface area is 106 Å². The summed E-state index contributed by atoms with van der Waals surface area (Å²) in [5.41, 5.74) is 9.31. The number of nitrogens with two attached hydrogens (primary N) is 1. The Morgan fingerprint density at radius 3 is 2.67 bits per heavy atom. The lowest BCUT2D eigenvalue weighted by molar-refractivity contribution is 0.101. The van der Waals surface area contributed by atoms with Gasteiger partial charge in [-0.2, -0.15) is 5.10 Å². The number of aromatic nitrogens is 2. The molecule has 1 aromatic carbocycles. The van der Waals surface area contributed by atoms with Crippen molar-refractivity contribution in [3.05, 3.63) is 41.2 Å². The molecular formula is C13H16N4O. The topological polar surface area (TPSA) is 72.9 Å². The van der Waals surface area contributed by atoms with Crippen LogP contribution in [0.5, 0.6) is 0 Å². The summed E-state index contributed by atoms with van der Waals surface area (Å²) in [5, 5.41) is 6.97. The fourth-order valence-electron chi connectivity index (χ4n) is 1.86. The summed E-state index contributed by atoms with van der Waals surface area (Å²) in [6, 6.07) is 7.26. The van der Waals surface area contributed by atoms with Gasteiger partial charge in [0, 0.05) is 7.05 Å². The van der Waals surface area contributed by atoms with E-state index in [0.29, 0.717) is 17.1 Å². The summed E-state index contributed by atoms with van der Waals surface area (Å²) < 4.78 is 1.55. The van der Waals surface area contributed by atoms with Crippen molar-refractivity contribution >= 4 is 17.3 Å². The molecule has 0 saturated carbocycles. The van der Waals surface area contributed by atoms with Gasteiger partial charge in [-0.3, -0.25) is 9.48 Å². The molecule has 2 rings (SSSR count). The predicted octanol–water partition coefficient (Wildman–Crippen LogP) is 1.87. The van der Waals surface area contributed by atoms with Crippen molar-refractivity contribution < 1.29 is 4.79 Å². The number of carbonyl (C=O) groups excluding carboxylic acids is 1. The number of nitrogen functional groups attached to an aromatic ring is 1. The van der Waals surface area contributed by atoms with Gasteiger partial charge in [0.1, 0.15) is 5.69 Å². The molecule has 3 N–H and O–H groups in total. The maximum absolute atomic E-state index is 12.1. The van der Waals surface area contributed by atoms with Crippen LogP contribution in [0.25, 0.3) is 0 Å². The average molecular weight is 244 g/mol. The van der Waals surface area contributed by atoms with Crippen LogP contribution < -0.4 is 11.1 Å². The van der Waals surface area contributed by atoms with Crippen LogP contribution in [0.1, 0.15) is 21.7 Å². The number of aryl methyl sites for hydroxylation is 3. The first-order chi connectivity index (χ1) is 8.49. The molecule has 0 aliphatic heterocycles. The van der Waals surface area contributed by atoms with Crippen LogP contribution in [0.2, 0.25) is 0 Å². The summed E-state index contributed by atoms with van der Waals surface area (Å²) in [7, 11) is 1.74. The second kappa shape index (κ2) is 4.52. The highest BCUT2D eigenvalue weighted by Gasteiger charge is 2.14. The van der Waals surface area contributed by atoms with Crippen LogP contribution in [0.3, 0.4) is 0 Å². The monoisotopic (exact) mass is 244 g/mol. The second-order valence-electron chi connectivity index (χ2n) is 4.29. The van der Waals surface area contributed by atoms with Gasteiger partial charge in [0.2, 0.25) is 0 Å². The number of hydrogen-bond acceptors (Lipinski definition) is 3. The molecule has 1 aromatic heterocycles. The molecule has 0 fully saturated rings. The van der Waals surface area contributed by atoms with E-state index in [1.54, 1.807) is 23.9 Å². The van der Waals surface area contributed by atoms with Crippen molar-refractivity contribution in [2.75, 3.05) is 11.1 Å². The van der Waals surface area contributed by atoms with E-state index in [1.165, 1.54) is 0 Å². The maximum Gasteiger partial charge on any atom is 0.273 e. The molecule has 0 bridgehead atoms. The summed E-state index contributed by atoms with van der Waals surface area (Å²) >= 11 is 0. The molecule has 5 nitrogen and oxygen atoms in total. The maximum atomic E-state index is 12.1. The van der Waals surface area contributed by atoms with Crippen molar-refractivity contribution in [3.63, 3.8) is 0 Å². The molecule has 1 heterocycles. The molecule has 0 atom stereocenters. The molecule has 2 aromatic rings. The standard InChI is InChI=1S/C13H16N4O/c1-8-5-4-6-10(14)12(8)15-13(18)11-7-9(2)16-17(11)3/h4-7H,14H2,1-3H3,(H,15,18). The van der Waals surface area contributed by atoms with Crippen LogP contribution >= 0.6 is 0 Å². The van der Waals surface area contributed by atoms with Crippen LogP contribution in [-0.4, -0.2) is 15.7 Å². The van der Waals surface area contributed by atoms with Crippen LogP contribution in [0.15, 0.2) is 24.3 Å². The third-order valence-electron chi connectivity index (χ3n) is 2.78. The van der Waals surface area contributed by atoms with E-state index in [0.717, 1.165) is 11.3 Å². The summed E-state index contributed by atoms with van der Waals surface area (Å²) in [6.45, 7) is 3.75. The molecule has 0 spiro atoms. The van der Waals surface area contributed by atoms with Gasteiger partial charge in [-0.15, -0.1) is 0 Å². The minimum absolute atomic E-state index is 0.209. The number of nitrogens with zero attached hydrogens (tertiary/aromatic N) is 2. The summed E-state index contributed by atoms with van der Waals surface area (Å²) in [6.07, 6.45) is 0. The van der Waals surface area contributed by atoms with Crippen molar-refractivity contribution in [2.45, 2.75) is 13.8 Å². The Morgan fingerprint density at radius 2 is 2.11 bits per heavy atom. The lowest BCUT2D eigenvalue weighted by Crippen LogP contribution is -2.17. The lowest BCUT2D eigenvalue weighted by atomic mass is 10.1. The SMILES string of the molecule is Cc1cc(C(=O)Nc2c(C)cccc2N)n(C)n1.